The Labute approximate surface area is 143 Å². The summed E-state index contributed by atoms with van der Waals surface area (Å²) in [6, 6.07) is 10.4. The summed E-state index contributed by atoms with van der Waals surface area (Å²) >= 11 is 1.57. The Morgan fingerprint density at radius 2 is 2.00 bits per heavy atom. The number of hydrogen-bond acceptors (Lipinski definition) is 6. The van der Waals surface area contributed by atoms with Gasteiger partial charge in [-0.25, -0.2) is 0 Å². The number of aromatic nitrogens is 5. The molecule has 24 heavy (non-hydrogen) atoms. The van der Waals surface area contributed by atoms with E-state index in [1.165, 1.54) is 10.9 Å². The fourth-order valence-corrected chi connectivity index (χ4v) is 3.63. The highest BCUT2D eigenvalue weighted by Gasteiger charge is 2.19. The second-order valence-electron chi connectivity index (χ2n) is 5.67. The first-order valence-corrected chi connectivity index (χ1v) is 8.77. The lowest BCUT2D eigenvalue weighted by Gasteiger charge is -2.09. The first kappa shape index (κ1) is 15.1. The lowest BCUT2D eigenvalue weighted by atomic mass is 10.1. The molecule has 0 saturated carbocycles. The number of thioether (sulfide) groups is 1. The molecule has 0 aliphatic heterocycles. The molecule has 3 aromatic heterocycles. The Morgan fingerprint density at radius 1 is 1.17 bits per heavy atom. The van der Waals surface area contributed by atoms with Crippen molar-refractivity contribution in [3.63, 3.8) is 0 Å². The fourth-order valence-electron chi connectivity index (χ4n) is 2.73. The van der Waals surface area contributed by atoms with Crippen molar-refractivity contribution in [1.82, 2.24) is 24.8 Å². The molecule has 0 amide bonds. The van der Waals surface area contributed by atoms with Gasteiger partial charge in [0.1, 0.15) is 0 Å². The maximum absolute atomic E-state index is 5.66. The summed E-state index contributed by atoms with van der Waals surface area (Å²) < 4.78 is 7.75. The summed E-state index contributed by atoms with van der Waals surface area (Å²) in [6.07, 6.45) is 0.738. The van der Waals surface area contributed by atoms with Crippen LogP contribution < -0.4 is 0 Å². The smallest absolute Gasteiger partial charge is 0.229 e. The third-order valence-electron chi connectivity index (χ3n) is 3.99. The van der Waals surface area contributed by atoms with E-state index in [0.717, 1.165) is 22.7 Å². The minimum absolute atomic E-state index is 0.00488. The summed E-state index contributed by atoms with van der Waals surface area (Å²) in [5.74, 6) is 1.27. The van der Waals surface area contributed by atoms with Gasteiger partial charge in [0.25, 0.3) is 0 Å². The van der Waals surface area contributed by atoms with Crippen LogP contribution in [0.15, 0.2) is 39.9 Å². The molecule has 1 atom stereocenters. The topological polar surface area (TPSA) is 69.1 Å². The maximum Gasteiger partial charge on any atom is 0.229 e. The second kappa shape index (κ2) is 5.90. The molecule has 4 aromatic rings. The summed E-state index contributed by atoms with van der Waals surface area (Å²) in [5.41, 5.74) is 3.15. The SMILES string of the molecule is CCc1nnc([C@@H](C)Sc2nnc3cc(C)c4ccccc4n23)o1. The van der Waals surface area contributed by atoms with Crippen molar-refractivity contribution < 1.29 is 4.42 Å². The standard InChI is InChI=1S/C17H17N5OS/c1-4-15-19-20-16(23-15)11(3)24-17-21-18-14-9-10(2)12-7-5-6-8-13(12)22(14)17/h5-9,11H,4H2,1-3H3/t11-/m1/s1. The largest absolute Gasteiger partial charge is 0.424 e. The highest BCUT2D eigenvalue weighted by molar-refractivity contribution is 7.99. The number of fused-ring (bicyclic) bond motifs is 3. The van der Waals surface area contributed by atoms with Crippen LogP contribution in [0.2, 0.25) is 0 Å². The zero-order valence-electron chi connectivity index (χ0n) is 13.7. The molecule has 1 aromatic carbocycles. The third kappa shape index (κ3) is 2.45. The molecule has 0 radical (unpaired) electrons. The third-order valence-corrected chi connectivity index (χ3v) is 5.02. The first-order chi connectivity index (χ1) is 11.7. The van der Waals surface area contributed by atoms with Gasteiger partial charge in [-0.1, -0.05) is 36.9 Å². The van der Waals surface area contributed by atoms with E-state index >= 15 is 0 Å². The van der Waals surface area contributed by atoms with Gasteiger partial charge >= 0.3 is 0 Å². The minimum atomic E-state index is 0.00488. The van der Waals surface area contributed by atoms with E-state index in [1.807, 2.05) is 26.0 Å². The summed E-state index contributed by atoms with van der Waals surface area (Å²) in [5, 5.41) is 18.9. The van der Waals surface area contributed by atoms with Crippen LogP contribution in [0.4, 0.5) is 0 Å². The molecular formula is C17H17N5OS. The van der Waals surface area contributed by atoms with Crippen molar-refractivity contribution in [2.45, 2.75) is 37.6 Å². The van der Waals surface area contributed by atoms with Gasteiger partial charge in [-0.05, 0) is 31.5 Å². The predicted octanol–water partition coefficient (Wildman–Crippen LogP) is 3.99. The molecular weight excluding hydrogens is 322 g/mol. The zero-order valence-corrected chi connectivity index (χ0v) is 14.5. The van der Waals surface area contributed by atoms with E-state index < -0.39 is 0 Å². The van der Waals surface area contributed by atoms with Crippen LogP contribution in [0.1, 0.15) is 36.4 Å². The number of rotatable bonds is 4. The second-order valence-corrected chi connectivity index (χ2v) is 6.98. The van der Waals surface area contributed by atoms with Gasteiger partial charge in [-0.3, -0.25) is 4.40 Å². The van der Waals surface area contributed by atoms with Crippen molar-refractivity contribution >= 4 is 28.3 Å². The van der Waals surface area contributed by atoms with Gasteiger partial charge < -0.3 is 4.42 Å². The molecule has 0 N–H and O–H groups in total. The zero-order chi connectivity index (χ0) is 16.7. The van der Waals surface area contributed by atoms with Crippen molar-refractivity contribution in [1.29, 1.82) is 0 Å². The van der Waals surface area contributed by atoms with Crippen LogP contribution >= 0.6 is 11.8 Å². The highest BCUT2D eigenvalue weighted by Crippen LogP contribution is 2.34. The molecule has 122 valence electrons. The van der Waals surface area contributed by atoms with Crippen LogP contribution in [0, 0.1) is 6.92 Å². The van der Waals surface area contributed by atoms with Gasteiger partial charge in [0.2, 0.25) is 11.8 Å². The predicted molar refractivity (Wildman–Crippen MR) is 93.2 cm³/mol. The molecule has 0 fully saturated rings. The van der Waals surface area contributed by atoms with Gasteiger partial charge in [0.05, 0.1) is 10.8 Å². The molecule has 0 saturated heterocycles. The van der Waals surface area contributed by atoms with Gasteiger partial charge in [0.15, 0.2) is 10.8 Å². The fraction of sp³-hybridized carbons (Fsp3) is 0.294. The highest BCUT2D eigenvalue weighted by atomic mass is 32.2. The molecule has 0 unspecified atom stereocenters. The average molecular weight is 339 g/mol. The maximum atomic E-state index is 5.66. The Bertz CT molecular complexity index is 1020. The Kier molecular flexibility index (Phi) is 3.72. The molecule has 6 nitrogen and oxygen atoms in total. The normalized spacial score (nSPS) is 13.0. The lowest BCUT2D eigenvalue weighted by molar-refractivity contribution is 0.456. The monoisotopic (exact) mass is 339 g/mol. The van der Waals surface area contributed by atoms with Crippen molar-refractivity contribution in [3.8, 4) is 0 Å². The number of pyridine rings is 1. The van der Waals surface area contributed by atoms with Gasteiger partial charge in [-0.2, -0.15) is 0 Å². The van der Waals surface area contributed by atoms with Gasteiger partial charge in [-0.15, -0.1) is 20.4 Å². The van der Waals surface area contributed by atoms with E-state index in [9.17, 15) is 0 Å². The van der Waals surface area contributed by atoms with Crippen LogP contribution in [0.5, 0.6) is 0 Å². The number of benzene rings is 1. The van der Waals surface area contributed by atoms with Gasteiger partial charge in [0, 0.05) is 11.8 Å². The molecule has 3 heterocycles. The van der Waals surface area contributed by atoms with Crippen LogP contribution in [-0.4, -0.2) is 24.8 Å². The van der Waals surface area contributed by atoms with E-state index in [0.29, 0.717) is 11.8 Å². The number of nitrogens with zero attached hydrogens (tertiary/aromatic N) is 5. The van der Waals surface area contributed by atoms with E-state index in [4.69, 9.17) is 4.42 Å². The van der Waals surface area contributed by atoms with E-state index in [2.05, 4.69) is 49.9 Å². The minimum Gasteiger partial charge on any atom is -0.424 e. The lowest BCUT2D eigenvalue weighted by Crippen LogP contribution is -1.95. The number of para-hydroxylation sites is 1. The Balaban J connectivity index is 1.78. The average Bonchev–Trinajstić information content (AvgIpc) is 3.22. The molecule has 0 spiro atoms. The molecule has 0 aliphatic carbocycles. The Morgan fingerprint density at radius 3 is 2.79 bits per heavy atom. The van der Waals surface area contributed by atoms with E-state index in [-0.39, 0.29) is 5.25 Å². The van der Waals surface area contributed by atoms with Crippen LogP contribution in [0.25, 0.3) is 16.6 Å². The van der Waals surface area contributed by atoms with Crippen molar-refractivity contribution in [2.24, 2.45) is 0 Å². The molecule has 0 aliphatic rings. The van der Waals surface area contributed by atoms with Crippen LogP contribution in [-0.2, 0) is 6.42 Å². The van der Waals surface area contributed by atoms with Crippen LogP contribution in [0.3, 0.4) is 0 Å². The van der Waals surface area contributed by atoms with Crippen molar-refractivity contribution in [2.75, 3.05) is 0 Å². The quantitative estimate of drug-likeness (QED) is 0.524. The number of aryl methyl sites for hydroxylation is 2. The van der Waals surface area contributed by atoms with E-state index in [1.54, 1.807) is 11.8 Å². The summed E-state index contributed by atoms with van der Waals surface area (Å²) in [6.45, 7) is 6.13. The molecule has 0 bridgehead atoms. The molecule has 4 rings (SSSR count). The van der Waals surface area contributed by atoms with Crippen molar-refractivity contribution in [3.05, 3.63) is 47.7 Å². The summed E-state index contributed by atoms with van der Waals surface area (Å²) in [4.78, 5) is 0. The first-order valence-electron chi connectivity index (χ1n) is 7.89. The molecule has 7 heteroatoms. The Hall–Kier alpha value is -2.41. The number of hydrogen-bond donors (Lipinski definition) is 0. The summed E-state index contributed by atoms with van der Waals surface area (Å²) in [7, 11) is 0.